The molecule has 122 valence electrons. The van der Waals surface area contributed by atoms with Gasteiger partial charge in [-0.1, -0.05) is 6.92 Å². The van der Waals surface area contributed by atoms with E-state index in [4.69, 9.17) is 4.74 Å². The maximum Gasteiger partial charge on any atom is 0.410 e. The molecule has 1 amide bonds. The molecule has 1 heterocycles. The molecule has 0 aromatic heterocycles. The predicted molar refractivity (Wildman–Crippen MR) is 80.5 cm³/mol. The molecule has 2 rings (SSSR count). The lowest BCUT2D eigenvalue weighted by Crippen LogP contribution is -2.42. The van der Waals surface area contributed by atoms with Gasteiger partial charge in [0, 0.05) is 18.6 Å². The Labute approximate surface area is 127 Å². The molecule has 2 atom stereocenters. The maximum absolute atomic E-state index is 12.2. The number of likely N-dealkylation sites (tertiary alicyclic amines) is 1. The second-order valence-electron chi connectivity index (χ2n) is 6.99. The fraction of sp³-hybridized carbons (Fsp3) is 0.929. The molecule has 6 nitrogen and oxygen atoms in total. The van der Waals surface area contributed by atoms with E-state index < -0.39 is 15.6 Å². The van der Waals surface area contributed by atoms with Crippen molar-refractivity contribution in [3.05, 3.63) is 0 Å². The number of carbonyl (C=O) groups is 1. The van der Waals surface area contributed by atoms with Crippen molar-refractivity contribution in [2.75, 3.05) is 6.54 Å². The van der Waals surface area contributed by atoms with Gasteiger partial charge in [0.2, 0.25) is 10.0 Å². The topological polar surface area (TPSA) is 75.7 Å². The normalized spacial score (nSPS) is 27.0. The molecule has 2 aliphatic rings. The highest BCUT2D eigenvalue weighted by molar-refractivity contribution is 7.90. The smallest absolute Gasteiger partial charge is 0.410 e. The molecule has 7 heteroatoms. The molecular formula is C14H26N2O4S. The highest BCUT2D eigenvalue weighted by atomic mass is 32.2. The van der Waals surface area contributed by atoms with Crippen LogP contribution in [0.25, 0.3) is 0 Å². The number of sulfonamides is 1. The van der Waals surface area contributed by atoms with E-state index in [0.29, 0.717) is 13.0 Å². The number of hydrogen-bond acceptors (Lipinski definition) is 4. The summed E-state index contributed by atoms with van der Waals surface area (Å²) in [6.45, 7) is 7.87. The number of hydrogen-bond donors (Lipinski definition) is 1. The van der Waals surface area contributed by atoms with E-state index >= 15 is 0 Å². The first-order valence-corrected chi connectivity index (χ1v) is 9.18. The summed E-state index contributed by atoms with van der Waals surface area (Å²) >= 11 is 0. The fourth-order valence-electron chi connectivity index (χ4n) is 2.64. The van der Waals surface area contributed by atoms with Gasteiger partial charge in [-0.05, 0) is 46.5 Å². The maximum atomic E-state index is 12.2. The Morgan fingerprint density at radius 1 is 1.33 bits per heavy atom. The van der Waals surface area contributed by atoms with Crippen molar-refractivity contribution in [1.82, 2.24) is 9.62 Å². The van der Waals surface area contributed by atoms with E-state index in [1.807, 2.05) is 27.7 Å². The Morgan fingerprint density at radius 3 is 2.43 bits per heavy atom. The zero-order valence-corrected chi connectivity index (χ0v) is 14.1. The van der Waals surface area contributed by atoms with E-state index in [1.54, 1.807) is 4.90 Å². The van der Waals surface area contributed by atoms with E-state index in [1.165, 1.54) is 0 Å². The summed E-state index contributed by atoms with van der Waals surface area (Å²) in [6.07, 6.45) is 2.58. The third kappa shape index (κ3) is 4.32. The van der Waals surface area contributed by atoms with E-state index in [9.17, 15) is 13.2 Å². The van der Waals surface area contributed by atoms with Gasteiger partial charge in [-0.15, -0.1) is 0 Å². The SMILES string of the molecule is CCC1CC(NS(=O)(=O)C2CC2)CN1C(=O)OC(C)(C)C. The molecule has 0 aromatic carbocycles. The number of rotatable bonds is 4. The first-order valence-electron chi connectivity index (χ1n) is 7.63. The summed E-state index contributed by atoms with van der Waals surface area (Å²) < 4.78 is 32.2. The Bertz CT molecular complexity index is 494. The van der Waals surface area contributed by atoms with Crippen LogP contribution >= 0.6 is 0 Å². The molecular weight excluding hydrogens is 292 g/mol. The number of nitrogens with one attached hydrogen (secondary N) is 1. The fourth-order valence-corrected chi connectivity index (χ4v) is 4.22. The van der Waals surface area contributed by atoms with Crippen molar-refractivity contribution < 1.29 is 17.9 Å². The van der Waals surface area contributed by atoms with Crippen LogP contribution in [0.15, 0.2) is 0 Å². The van der Waals surface area contributed by atoms with Crippen LogP contribution in [-0.2, 0) is 14.8 Å². The first-order chi connectivity index (χ1) is 9.62. The zero-order valence-electron chi connectivity index (χ0n) is 13.3. The summed E-state index contributed by atoms with van der Waals surface area (Å²) in [4.78, 5) is 13.9. The lowest BCUT2D eigenvalue weighted by molar-refractivity contribution is 0.0221. The van der Waals surface area contributed by atoms with Gasteiger partial charge in [0.05, 0.1) is 5.25 Å². The lowest BCUT2D eigenvalue weighted by Gasteiger charge is -2.28. The molecule has 21 heavy (non-hydrogen) atoms. The van der Waals surface area contributed by atoms with Gasteiger partial charge in [0.15, 0.2) is 0 Å². The Balaban J connectivity index is 1.98. The average Bonchev–Trinajstić information content (AvgIpc) is 3.10. The largest absolute Gasteiger partial charge is 0.444 e. The molecule has 0 radical (unpaired) electrons. The number of carbonyl (C=O) groups excluding carboxylic acids is 1. The van der Waals surface area contributed by atoms with Gasteiger partial charge in [-0.25, -0.2) is 17.9 Å². The second kappa shape index (κ2) is 5.76. The quantitative estimate of drug-likeness (QED) is 0.858. The van der Waals surface area contributed by atoms with Gasteiger partial charge in [-0.2, -0.15) is 0 Å². The minimum absolute atomic E-state index is 0.0340. The summed E-state index contributed by atoms with van der Waals surface area (Å²) in [6, 6.07) is -0.167. The molecule has 0 spiro atoms. The lowest BCUT2D eigenvalue weighted by atomic mass is 10.1. The van der Waals surface area contributed by atoms with E-state index in [2.05, 4.69) is 4.72 Å². The van der Waals surface area contributed by atoms with Gasteiger partial charge < -0.3 is 9.64 Å². The van der Waals surface area contributed by atoms with Gasteiger partial charge in [0.1, 0.15) is 5.60 Å². The monoisotopic (exact) mass is 318 g/mol. The standard InChI is InChI=1S/C14H26N2O4S/c1-5-11-8-10(15-21(18,19)12-6-7-12)9-16(11)13(17)20-14(2,3)4/h10-12,15H,5-9H2,1-4H3. The molecule has 2 fully saturated rings. The van der Waals surface area contributed by atoms with Crippen LogP contribution in [0, 0.1) is 0 Å². The molecule has 1 N–H and O–H groups in total. The number of ether oxygens (including phenoxy) is 1. The van der Waals surface area contributed by atoms with Crippen LogP contribution in [-0.4, -0.2) is 48.9 Å². The summed E-state index contributed by atoms with van der Waals surface area (Å²) in [5.74, 6) is 0. The van der Waals surface area contributed by atoms with Gasteiger partial charge in [0.25, 0.3) is 0 Å². The van der Waals surface area contributed by atoms with Crippen LogP contribution in [0.5, 0.6) is 0 Å². The second-order valence-corrected chi connectivity index (χ2v) is 8.98. The Kier molecular flexibility index (Phi) is 4.54. The molecule has 2 unspecified atom stereocenters. The molecule has 0 bridgehead atoms. The minimum Gasteiger partial charge on any atom is -0.444 e. The van der Waals surface area contributed by atoms with Crippen molar-refractivity contribution in [3.8, 4) is 0 Å². The average molecular weight is 318 g/mol. The highest BCUT2D eigenvalue weighted by Gasteiger charge is 2.42. The molecule has 1 saturated heterocycles. The Hall–Kier alpha value is -0.820. The first kappa shape index (κ1) is 16.5. The number of amides is 1. The van der Waals surface area contributed by atoms with Crippen LogP contribution in [0.4, 0.5) is 4.79 Å². The van der Waals surface area contributed by atoms with E-state index in [0.717, 1.165) is 19.3 Å². The van der Waals surface area contributed by atoms with Crippen LogP contribution < -0.4 is 4.72 Å². The van der Waals surface area contributed by atoms with Crippen LogP contribution in [0.2, 0.25) is 0 Å². The highest BCUT2D eigenvalue weighted by Crippen LogP contribution is 2.30. The minimum atomic E-state index is -3.22. The summed E-state index contributed by atoms with van der Waals surface area (Å²) in [5, 5.41) is -0.229. The van der Waals surface area contributed by atoms with Crippen molar-refractivity contribution in [2.24, 2.45) is 0 Å². The van der Waals surface area contributed by atoms with Crippen molar-refractivity contribution in [2.45, 2.75) is 76.3 Å². The summed E-state index contributed by atoms with van der Waals surface area (Å²) in [7, 11) is -3.22. The third-order valence-corrected chi connectivity index (χ3v) is 5.82. The number of nitrogens with zero attached hydrogens (tertiary/aromatic N) is 1. The van der Waals surface area contributed by atoms with Crippen LogP contribution in [0.1, 0.15) is 53.4 Å². The predicted octanol–water partition coefficient (Wildman–Crippen LogP) is 1.86. The molecule has 1 aliphatic heterocycles. The van der Waals surface area contributed by atoms with Crippen LogP contribution in [0.3, 0.4) is 0 Å². The Morgan fingerprint density at radius 2 is 1.95 bits per heavy atom. The van der Waals surface area contributed by atoms with Crippen molar-refractivity contribution in [3.63, 3.8) is 0 Å². The summed E-state index contributed by atoms with van der Waals surface area (Å²) in [5.41, 5.74) is -0.541. The van der Waals surface area contributed by atoms with Crippen molar-refractivity contribution >= 4 is 16.1 Å². The molecule has 1 aliphatic carbocycles. The zero-order chi connectivity index (χ0) is 15.8. The third-order valence-electron chi connectivity index (χ3n) is 3.81. The molecule has 1 saturated carbocycles. The van der Waals surface area contributed by atoms with Gasteiger partial charge >= 0.3 is 6.09 Å². The van der Waals surface area contributed by atoms with Crippen molar-refractivity contribution in [1.29, 1.82) is 0 Å². The van der Waals surface area contributed by atoms with E-state index in [-0.39, 0.29) is 23.4 Å². The molecule has 0 aromatic rings. The van der Waals surface area contributed by atoms with Gasteiger partial charge in [-0.3, -0.25) is 0 Å².